The van der Waals surface area contributed by atoms with Crippen LogP contribution in [0.4, 0.5) is 0 Å². The Hall–Kier alpha value is -3.43. The second-order valence-corrected chi connectivity index (χ2v) is 8.63. The number of amides is 1. The fourth-order valence-corrected chi connectivity index (χ4v) is 3.69. The topological polar surface area (TPSA) is 121 Å². The predicted molar refractivity (Wildman–Crippen MR) is 120 cm³/mol. The van der Waals surface area contributed by atoms with Gasteiger partial charge in [0.1, 0.15) is 6.04 Å². The van der Waals surface area contributed by atoms with Gasteiger partial charge >= 0.3 is 0 Å². The van der Waals surface area contributed by atoms with Gasteiger partial charge in [0.05, 0.1) is 31.4 Å². The van der Waals surface area contributed by atoms with Crippen molar-refractivity contribution in [3.8, 4) is 11.5 Å². The van der Waals surface area contributed by atoms with Crippen LogP contribution in [0.3, 0.4) is 0 Å². The van der Waals surface area contributed by atoms with Gasteiger partial charge in [0.15, 0.2) is 17.3 Å². The summed E-state index contributed by atoms with van der Waals surface area (Å²) in [5, 5.41) is 7.48. The van der Waals surface area contributed by atoms with Crippen molar-refractivity contribution in [2.24, 2.45) is 5.92 Å². The molecule has 1 atom stereocenters. The van der Waals surface area contributed by atoms with E-state index in [0.29, 0.717) is 47.2 Å². The summed E-state index contributed by atoms with van der Waals surface area (Å²) in [7, 11) is 3.05. The maximum absolute atomic E-state index is 12.9. The van der Waals surface area contributed by atoms with E-state index >= 15 is 0 Å². The zero-order valence-electron chi connectivity index (χ0n) is 19.3. The number of hydrogen-bond acceptors (Lipinski definition) is 8. The lowest BCUT2D eigenvalue weighted by atomic mass is 10.0. The molecule has 4 rings (SSSR count). The summed E-state index contributed by atoms with van der Waals surface area (Å²) in [4.78, 5) is 34.3. The number of methoxy groups -OCH3 is 2. The smallest absolute Gasteiger partial charge is 0.261 e. The molecule has 1 aliphatic rings. The molecular formula is C23H29N5O5. The molecule has 0 spiro atoms. The fraction of sp³-hybridized carbons (Fsp3) is 0.522. The molecule has 2 aromatic heterocycles. The third-order valence-electron chi connectivity index (χ3n) is 5.78. The maximum atomic E-state index is 12.9. The van der Waals surface area contributed by atoms with Crippen LogP contribution in [0.2, 0.25) is 0 Å². The van der Waals surface area contributed by atoms with Gasteiger partial charge in [-0.15, -0.1) is 0 Å². The average molecular weight is 456 g/mol. The highest BCUT2D eigenvalue weighted by molar-refractivity contribution is 5.81. The molecule has 1 amide bonds. The number of hydrogen-bond donors (Lipinski definition) is 1. The van der Waals surface area contributed by atoms with Crippen molar-refractivity contribution in [3.63, 3.8) is 0 Å². The molecule has 3 aromatic rings. The monoisotopic (exact) mass is 455 g/mol. The summed E-state index contributed by atoms with van der Waals surface area (Å²) in [5.41, 5.74) is 0.330. The van der Waals surface area contributed by atoms with Crippen LogP contribution < -0.4 is 20.3 Å². The van der Waals surface area contributed by atoms with E-state index in [1.54, 1.807) is 12.1 Å². The number of nitrogens with zero attached hydrogens (tertiary/aromatic N) is 4. The van der Waals surface area contributed by atoms with Crippen LogP contribution >= 0.6 is 0 Å². The lowest BCUT2D eigenvalue weighted by Gasteiger charge is -2.18. The standard InChI is InChI=1S/C23H29N5O5/c1-13(2)20(22-26-21(27-33-22)14-7-8-14)25-19(29)6-5-9-28-12-24-16-11-18(32-4)17(31-3)10-15(16)23(28)30/h10-14,20H,5-9H2,1-4H3,(H,25,29). The van der Waals surface area contributed by atoms with Gasteiger partial charge in [0.2, 0.25) is 11.8 Å². The van der Waals surface area contributed by atoms with E-state index in [9.17, 15) is 9.59 Å². The highest BCUT2D eigenvalue weighted by atomic mass is 16.5. The van der Waals surface area contributed by atoms with Crippen molar-refractivity contribution in [3.05, 3.63) is 40.5 Å². The van der Waals surface area contributed by atoms with Crippen molar-refractivity contribution in [2.75, 3.05) is 14.2 Å². The Labute approximate surface area is 191 Å². The number of aromatic nitrogens is 4. The first-order chi connectivity index (χ1) is 15.9. The highest BCUT2D eigenvalue weighted by Gasteiger charge is 2.31. The molecule has 0 radical (unpaired) electrons. The molecule has 0 saturated heterocycles. The van der Waals surface area contributed by atoms with E-state index < -0.39 is 0 Å². The molecule has 0 bridgehead atoms. The molecule has 1 aromatic carbocycles. The lowest BCUT2D eigenvalue weighted by molar-refractivity contribution is -0.122. The molecule has 2 heterocycles. The maximum Gasteiger partial charge on any atom is 0.261 e. The minimum Gasteiger partial charge on any atom is -0.493 e. The third-order valence-corrected chi connectivity index (χ3v) is 5.78. The summed E-state index contributed by atoms with van der Waals surface area (Å²) < 4.78 is 17.5. The van der Waals surface area contributed by atoms with Gasteiger partial charge in [-0.05, 0) is 31.2 Å². The summed E-state index contributed by atoms with van der Waals surface area (Å²) >= 11 is 0. The van der Waals surface area contributed by atoms with Crippen LogP contribution in [-0.2, 0) is 11.3 Å². The third kappa shape index (κ3) is 4.99. The van der Waals surface area contributed by atoms with E-state index in [2.05, 4.69) is 20.4 Å². The van der Waals surface area contributed by atoms with E-state index in [4.69, 9.17) is 14.0 Å². The number of ether oxygens (including phenoxy) is 2. The van der Waals surface area contributed by atoms with Gasteiger partial charge < -0.3 is 19.3 Å². The molecule has 176 valence electrons. The SMILES string of the molecule is COc1cc2ncn(CCCC(=O)NC(c3nc(C4CC4)no3)C(C)C)c(=O)c2cc1OC. The zero-order chi connectivity index (χ0) is 23.5. The van der Waals surface area contributed by atoms with E-state index in [1.165, 1.54) is 25.1 Å². The fourth-order valence-electron chi connectivity index (χ4n) is 3.69. The Bertz CT molecular complexity index is 1200. The molecule has 33 heavy (non-hydrogen) atoms. The number of benzene rings is 1. The number of aryl methyl sites for hydroxylation is 1. The summed E-state index contributed by atoms with van der Waals surface area (Å²) in [6.07, 6.45) is 4.39. The van der Waals surface area contributed by atoms with Gasteiger partial charge in [0, 0.05) is 24.9 Å². The van der Waals surface area contributed by atoms with Crippen LogP contribution in [0.25, 0.3) is 10.9 Å². The Kier molecular flexibility index (Phi) is 6.62. The Morgan fingerprint density at radius 1 is 1.24 bits per heavy atom. The molecule has 1 unspecified atom stereocenters. The van der Waals surface area contributed by atoms with Crippen LogP contribution in [0, 0.1) is 5.92 Å². The Morgan fingerprint density at radius 3 is 2.64 bits per heavy atom. The minimum atomic E-state index is -0.343. The Balaban J connectivity index is 1.39. The second-order valence-electron chi connectivity index (χ2n) is 8.63. The quantitative estimate of drug-likeness (QED) is 0.495. The van der Waals surface area contributed by atoms with Gasteiger partial charge in [0.25, 0.3) is 5.56 Å². The molecule has 1 saturated carbocycles. The molecule has 0 aliphatic heterocycles. The van der Waals surface area contributed by atoms with Crippen molar-refractivity contribution in [1.82, 2.24) is 25.0 Å². The number of nitrogens with one attached hydrogen (secondary N) is 1. The lowest BCUT2D eigenvalue weighted by Crippen LogP contribution is -2.32. The molecular weight excluding hydrogens is 426 g/mol. The summed E-state index contributed by atoms with van der Waals surface area (Å²) in [5.74, 6) is 2.50. The first-order valence-electron chi connectivity index (χ1n) is 11.1. The van der Waals surface area contributed by atoms with Crippen molar-refractivity contribution < 1.29 is 18.8 Å². The first kappa shape index (κ1) is 22.8. The normalized spacial score (nSPS) is 14.5. The molecule has 10 nitrogen and oxygen atoms in total. The van der Waals surface area contributed by atoms with Crippen molar-refractivity contribution >= 4 is 16.8 Å². The first-order valence-corrected chi connectivity index (χ1v) is 11.1. The number of carbonyl (C=O) groups excluding carboxylic acids is 1. The van der Waals surface area contributed by atoms with Crippen LogP contribution in [-0.4, -0.2) is 39.8 Å². The van der Waals surface area contributed by atoms with Gasteiger partial charge in [-0.2, -0.15) is 4.98 Å². The van der Waals surface area contributed by atoms with E-state index in [1.807, 2.05) is 13.8 Å². The number of rotatable bonds is 10. The second kappa shape index (κ2) is 9.60. The highest BCUT2D eigenvalue weighted by Crippen LogP contribution is 2.38. The molecule has 1 N–H and O–H groups in total. The van der Waals surface area contributed by atoms with Crippen LogP contribution in [0.5, 0.6) is 11.5 Å². The summed E-state index contributed by atoms with van der Waals surface area (Å²) in [6.45, 7) is 4.35. The zero-order valence-corrected chi connectivity index (χ0v) is 19.3. The molecule has 1 fully saturated rings. The van der Waals surface area contributed by atoms with Crippen LogP contribution in [0.15, 0.2) is 27.8 Å². The molecule has 10 heteroatoms. The van der Waals surface area contributed by atoms with Gasteiger partial charge in [-0.1, -0.05) is 19.0 Å². The van der Waals surface area contributed by atoms with Crippen LogP contribution in [0.1, 0.15) is 63.2 Å². The predicted octanol–water partition coefficient (Wildman–Crippen LogP) is 2.97. The minimum absolute atomic E-state index is 0.0979. The van der Waals surface area contributed by atoms with Crippen molar-refractivity contribution in [1.29, 1.82) is 0 Å². The average Bonchev–Trinajstić information content (AvgIpc) is 3.55. The van der Waals surface area contributed by atoms with Gasteiger partial charge in [-0.25, -0.2) is 4.98 Å². The summed E-state index contributed by atoms with van der Waals surface area (Å²) in [6, 6.07) is 2.95. The van der Waals surface area contributed by atoms with Gasteiger partial charge in [-0.3, -0.25) is 14.2 Å². The number of fused-ring (bicyclic) bond motifs is 1. The van der Waals surface area contributed by atoms with Crippen molar-refractivity contribution in [2.45, 2.75) is 58.0 Å². The number of carbonyl (C=O) groups is 1. The largest absolute Gasteiger partial charge is 0.493 e. The van der Waals surface area contributed by atoms with E-state index in [0.717, 1.165) is 18.7 Å². The van der Waals surface area contributed by atoms with E-state index in [-0.39, 0.29) is 29.8 Å². The Morgan fingerprint density at radius 2 is 1.97 bits per heavy atom. The molecule has 1 aliphatic carbocycles.